The van der Waals surface area contributed by atoms with Gasteiger partial charge in [-0.1, -0.05) is 13.0 Å². The molecule has 1 rings (SSSR count). The Morgan fingerprint density at radius 3 is 2.63 bits per heavy atom. The highest BCUT2D eigenvalue weighted by molar-refractivity contribution is 5.84. The maximum atomic E-state index is 13.6. The number of hydrogen-bond acceptors (Lipinski definition) is 2. The lowest BCUT2D eigenvalue weighted by Crippen LogP contribution is -2.48. The highest BCUT2D eigenvalue weighted by atomic mass is 19.1. The molecule has 2 N–H and O–H groups in total. The van der Waals surface area contributed by atoms with E-state index in [1.165, 1.54) is 6.07 Å². The van der Waals surface area contributed by atoms with Crippen LogP contribution in [-0.2, 0) is 4.79 Å². The number of hydrogen-bond donors (Lipinski definition) is 2. The van der Waals surface area contributed by atoms with Gasteiger partial charge in [0.05, 0.1) is 5.69 Å². The van der Waals surface area contributed by atoms with E-state index in [0.29, 0.717) is 5.69 Å². The molecule has 0 radical (unpaired) electrons. The molecule has 0 spiro atoms. The van der Waals surface area contributed by atoms with E-state index in [-0.39, 0.29) is 17.3 Å². The zero-order valence-corrected chi connectivity index (χ0v) is 12.3. The molecule has 0 saturated heterocycles. The summed E-state index contributed by atoms with van der Waals surface area (Å²) in [4.78, 5) is 12.0. The summed E-state index contributed by atoms with van der Waals surface area (Å²) in [5.74, 6) is -0.479. The van der Waals surface area contributed by atoms with Crippen LogP contribution in [0.5, 0.6) is 0 Å². The van der Waals surface area contributed by atoms with Gasteiger partial charge in [0.2, 0.25) is 5.91 Å². The summed E-state index contributed by atoms with van der Waals surface area (Å²) in [6.45, 7) is 9.55. The molecular formula is C15H23FN2O. The Balaban J connectivity index is 2.71. The second kappa shape index (κ2) is 6.04. The SMILES string of the molecule is CCC(C)(C)NC(=O)C(C)Nc1cc(C)ccc1F. The molecule has 0 aromatic heterocycles. The summed E-state index contributed by atoms with van der Waals surface area (Å²) in [5.41, 5.74) is 1.06. The Bertz CT molecular complexity index is 457. The molecule has 1 atom stereocenters. The van der Waals surface area contributed by atoms with Gasteiger partial charge in [0, 0.05) is 5.54 Å². The molecule has 1 aromatic rings. The largest absolute Gasteiger partial charge is 0.372 e. The third-order valence-electron chi connectivity index (χ3n) is 3.23. The number of benzene rings is 1. The lowest BCUT2D eigenvalue weighted by molar-refractivity contribution is -0.123. The van der Waals surface area contributed by atoms with Gasteiger partial charge in [-0.25, -0.2) is 4.39 Å². The van der Waals surface area contributed by atoms with Crippen molar-refractivity contribution < 1.29 is 9.18 Å². The average Bonchev–Trinajstić information content (AvgIpc) is 2.33. The lowest BCUT2D eigenvalue weighted by atomic mass is 10.0. The smallest absolute Gasteiger partial charge is 0.242 e. The first-order valence-corrected chi connectivity index (χ1v) is 6.60. The van der Waals surface area contributed by atoms with Crippen LogP contribution in [0.4, 0.5) is 10.1 Å². The molecule has 1 unspecified atom stereocenters. The predicted octanol–water partition coefficient (Wildman–Crippen LogP) is 3.24. The summed E-state index contributed by atoms with van der Waals surface area (Å²) >= 11 is 0. The summed E-state index contributed by atoms with van der Waals surface area (Å²) in [5, 5.41) is 5.85. The van der Waals surface area contributed by atoms with Gasteiger partial charge < -0.3 is 10.6 Å². The normalized spacial score (nSPS) is 12.9. The molecule has 1 aromatic carbocycles. The van der Waals surface area contributed by atoms with Crippen molar-refractivity contribution in [2.75, 3.05) is 5.32 Å². The van der Waals surface area contributed by atoms with E-state index in [4.69, 9.17) is 0 Å². The zero-order chi connectivity index (χ0) is 14.6. The van der Waals surface area contributed by atoms with Gasteiger partial charge in [0.15, 0.2) is 0 Å². The Labute approximate surface area is 114 Å². The topological polar surface area (TPSA) is 41.1 Å². The number of aryl methyl sites for hydroxylation is 1. The minimum atomic E-state index is -0.484. The van der Waals surface area contributed by atoms with Crippen molar-refractivity contribution in [3.8, 4) is 0 Å². The van der Waals surface area contributed by atoms with E-state index in [0.717, 1.165) is 12.0 Å². The first-order chi connectivity index (χ1) is 8.75. The Morgan fingerprint density at radius 2 is 2.05 bits per heavy atom. The van der Waals surface area contributed by atoms with Crippen LogP contribution in [0, 0.1) is 12.7 Å². The van der Waals surface area contributed by atoms with E-state index in [1.807, 2.05) is 27.7 Å². The molecule has 106 valence electrons. The van der Waals surface area contributed by atoms with Crippen LogP contribution in [0.15, 0.2) is 18.2 Å². The standard InChI is InChI=1S/C15H23FN2O/c1-6-15(4,5)18-14(19)11(3)17-13-9-10(2)7-8-12(13)16/h7-9,11,17H,6H2,1-5H3,(H,18,19). The van der Waals surface area contributed by atoms with Crippen molar-refractivity contribution in [1.82, 2.24) is 5.32 Å². The van der Waals surface area contributed by atoms with Crippen LogP contribution in [0.25, 0.3) is 0 Å². The van der Waals surface area contributed by atoms with Gasteiger partial charge in [-0.15, -0.1) is 0 Å². The Kier molecular flexibility index (Phi) is 4.92. The van der Waals surface area contributed by atoms with Gasteiger partial charge in [-0.05, 0) is 51.8 Å². The van der Waals surface area contributed by atoms with Crippen LogP contribution in [0.1, 0.15) is 39.7 Å². The molecule has 4 heteroatoms. The molecular weight excluding hydrogens is 243 g/mol. The molecule has 19 heavy (non-hydrogen) atoms. The fourth-order valence-electron chi connectivity index (χ4n) is 1.58. The van der Waals surface area contributed by atoms with Crippen LogP contribution in [0.3, 0.4) is 0 Å². The fraction of sp³-hybridized carbons (Fsp3) is 0.533. The van der Waals surface area contributed by atoms with Gasteiger partial charge in [0.25, 0.3) is 0 Å². The van der Waals surface area contributed by atoms with E-state index in [2.05, 4.69) is 10.6 Å². The number of amides is 1. The first-order valence-electron chi connectivity index (χ1n) is 6.60. The van der Waals surface area contributed by atoms with E-state index < -0.39 is 6.04 Å². The minimum absolute atomic E-state index is 0.132. The molecule has 0 aliphatic rings. The number of halogens is 1. The van der Waals surface area contributed by atoms with E-state index >= 15 is 0 Å². The molecule has 0 bridgehead atoms. The van der Waals surface area contributed by atoms with E-state index in [1.54, 1.807) is 19.1 Å². The number of rotatable bonds is 5. The number of carbonyl (C=O) groups excluding carboxylic acids is 1. The highest BCUT2D eigenvalue weighted by Gasteiger charge is 2.22. The molecule has 1 amide bonds. The number of anilines is 1. The first kappa shape index (κ1) is 15.5. The highest BCUT2D eigenvalue weighted by Crippen LogP contribution is 2.17. The van der Waals surface area contributed by atoms with Gasteiger partial charge >= 0.3 is 0 Å². The summed E-state index contributed by atoms with van der Waals surface area (Å²) < 4.78 is 13.6. The molecule has 0 heterocycles. The second-order valence-electron chi connectivity index (χ2n) is 5.58. The van der Waals surface area contributed by atoms with Gasteiger partial charge in [-0.3, -0.25) is 4.79 Å². The van der Waals surface area contributed by atoms with Crippen LogP contribution < -0.4 is 10.6 Å². The van der Waals surface area contributed by atoms with Crippen molar-refractivity contribution in [3.05, 3.63) is 29.6 Å². The predicted molar refractivity (Wildman–Crippen MR) is 76.7 cm³/mol. The number of carbonyl (C=O) groups is 1. The quantitative estimate of drug-likeness (QED) is 0.859. The Morgan fingerprint density at radius 1 is 1.42 bits per heavy atom. The summed E-state index contributed by atoms with van der Waals surface area (Å²) in [6.07, 6.45) is 0.838. The zero-order valence-electron chi connectivity index (χ0n) is 12.3. The molecule has 0 fully saturated rings. The van der Waals surface area contributed by atoms with Crippen molar-refractivity contribution in [2.45, 2.75) is 52.6 Å². The van der Waals surface area contributed by atoms with Crippen LogP contribution in [-0.4, -0.2) is 17.5 Å². The fourth-order valence-corrected chi connectivity index (χ4v) is 1.58. The molecule has 0 aliphatic heterocycles. The maximum Gasteiger partial charge on any atom is 0.242 e. The average molecular weight is 266 g/mol. The van der Waals surface area contributed by atoms with Crippen LogP contribution in [0.2, 0.25) is 0 Å². The lowest BCUT2D eigenvalue weighted by Gasteiger charge is -2.27. The molecule has 0 saturated carbocycles. The van der Waals surface area contributed by atoms with Gasteiger partial charge in [-0.2, -0.15) is 0 Å². The minimum Gasteiger partial charge on any atom is -0.372 e. The van der Waals surface area contributed by atoms with Crippen LogP contribution >= 0.6 is 0 Å². The maximum absolute atomic E-state index is 13.6. The molecule has 0 aliphatic carbocycles. The van der Waals surface area contributed by atoms with Crippen molar-refractivity contribution >= 4 is 11.6 Å². The van der Waals surface area contributed by atoms with Crippen molar-refractivity contribution in [3.63, 3.8) is 0 Å². The van der Waals surface area contributed by atoms with Crippen molar-refractivity contribution in [1.29, 1.82) is 0 Å². The third-order valence-corrected chi connectivity index (χ3v) is 3.23. The van der Waals surface area contributed by atoms with Gasteiger partial charge in [0.1, 0.15) is 11.9 Å². The van der Waals surface area contributed by atoms with Crippen molar-refractivity contribution in [2.24, 2.45) is 0 Å². The third kappa shape index (κ3) is 4.54. The Hall–Kier alpha value is -1.58. The second-order valence-corrected chi connectivity index (χ2v) is 5.58. The number of nitrogens with one attached hydrogen (secondary N) is 2. The summed E-state index contributed by atoms with van der Waals surface area (Å²) in [7, 11) is 0. The summed E-state index contributed by atoms with van der Waals surface area (Å²) in [6, 6.07) is 4.32. The monoisotopic (exact) mass is 266 g/mol. The molecule has 3 nitrogen and oxygen atoms in total. The van der Waals surface area contributed by atoms with E-state index in [9.17, 15) is 9.18 Å².